The van der Waals surface area contributed by atoms with Gasteiger partial charge >= 0.3 is 0 Å². The molecule has 0 saturated heterocycles. The Morgan fingerprint density at radius 2 is 1.73 bits per heavy atom. The second-order valence-corrected chi connectivity index (χ2v) is 6.22. The maximum Gasteiger partial charge on any atom is 0.193 e. The summed E-state index contributed by atoms with van der Waals surface area (Å²) in [6, 6.07) is 16.5. The quantitative estimate of drug-likeness (QED) is 0.558. The van der Waals surface area contributed by atoms with Crippen LogP contribution < -0.4 is 10.2 Å². The van der Waals surface area contributed by atoms with Crippen molar-refractivity contribution in [2.75, 3.05) is 26.2 Å². The van der Waals surface area contributed by atoms with E-state index >= 15 is 0 Å². The Morgan fingerprint density at radius 1 is 1.00 bits per heavy atom. The van der Waals surface area contributed by atoms with Gasteiger partial charge in [-0.1, -0.05) is 26.0 Å². The van der Waals surface area contributed by atoms with Crippen LogP contribution in [0.1, 0.15) is 20.3 Å². The standard InChI is InChI=1S/C22H25NO3/c1-3-23(4-2)14-7-15-25-18-12-10-17(11-13-18)22-16-20(24)19-8-5-6-9-21(19)26-22/h5-6,8-13,16H,3-4,7,14-15H2,1-2H3. The number of hydrogen-bond acceptors (Lipinski definition) is 4. The minimum Gasteiger partial charge on any atom is -0.494 e. The summed E-state index contributed by atoms with van der Waals surface area (Å²) in [4.78, 5) is 14.6. The Balaban J connectivity index is 1.65. The zero-order valence-electron chi connectivity index (χ0n) is 15.4. The van der Waals surface area contributed by atoms with Gasteiger partial charge in [0, 0.05) is 18.2 Å². The zero-order chi connectivity index (χ0) is 18.4. The minimum atomic E-state index is -0.0291. The lowest BCUT2D eigenvalue weighted by Crippen LogP contribution is -2.25. The average molecular weight is 351 g/mol. The van der Waals surface area contributed by atoms with Crippen molar-refractivity contribution in [3.63, 3.8) is 0 Å². The monoisotopic (exact) mass is 351 g/mol. The summed E-state index contributed by atoms with van der Waals surface area (Å²) in [6.07, 6.45) is 1.00. The largest absolute Gasteiger partial charge is 0.494 e. The highest BCUT2D eigenvalue weighted by molar-refractivity contribution is 5.78. The minimum absolute atomic E-state index is 0.0291. The van der Waals surface area contributed by atoms with Crippen LogP contribution in [-0.2, 0) is 0 Å². The number of nitrogens with zero attached hydrogens (tertiary/aromatic N) is 1. The van der Waals surface area contributed by atoms with Crippen molar-refractivity contribution in [3.8, 4) is 17.1 Å². The molecule has 0 N–H and O–H groups in total. The molecule has 0 amide bonds. The molecule has 3 aromatic rings. The molecule has 0 radical (unpaired) electrons. The summed E-state index contributed by atoms with van der Waals surface area (Å²) in [5, 5.41) is 0.601. The lowest BCUT2D eigenvalue weighted by molar-refractivity contribution is 0.249. The molecule has 26 heavy (non-hydrogen) atoms. The lowest BCUT2D eigenvalue weighted by atomic mass is 10.1. The topological polar surface area (TPSA) is 42.7 Å². The number of hydrogen-bond donors (Lipinski definition) is 0. The average Bonchev–Trinajstić information content (AvgIpc) is 2.68. The van der Waals surface area contributed by atoms with E-state index in [9.17, 15) is 4.79 Å². The van der Waals surface area contributed by atoms with Crippen molar-refractivity contribution in [2.24, 2.45) is 0 Å². The maximum absolute atomic E-state index is 12.2. The summed E-state index contributed by atoms with van der Waals surface area (Å²) in [5.41, 5.74) is 1.44. The second kappa shape index (κ2) is 8.68. The van der Waals surface area contributed by atoms with Gasteiger partial charge in [-0.2, -0.15) is 0 Å². The smallest absolute Gasteiger partial charge is 0.193 e. The first-order chi connectivity index (χ1) is 12.7. The lowest BCUT2D eigenvalue weighted by Gasteiger charge is -2.17. The van der Waals surface area contributed by atoms with E-state index in [4.69, 9.17) is 9.15 Å². The number of ether oxygens (including phenoxy) is 1. The van der Waals surface area contributed by atoms with E-state index in [1.165, 1.54) is 0 Å². The van der Waals surface area contributed by atoms with Crippen LogP contribution in [-0.4, -0.2) is 31.1 Å². The molecule has 1 aromatic heterocycles. The van der Waals surface area contributed by atoms with Crippen LogP contribution in [0.15, 0.2) is 63.8 Å². The van der Waals surface area contributed by atoms with Gasteiger partial charge in [-0.15, -0.1) is 0 Å². The zero-order valence-corrected chi connectivity index (χ0v) is 15.4. The van der Waals surface area contributed by atoms with E-state index in [2.05, 4.69) is 18.7 Å². The third kappa shape index (κ3) is 4.33. The third-order valence-electron chi connectivity index (χ3n) is 4.56. The van der Waals surface area contributed by atoms with Crippen LogP contribution in [0, 0.1) is 0 Å². The Hall–Kier alpha value is -2.59. The highest BCUT2D eigenvalue weighted by Crippen LogP contribution is 2.24. The van der Waals surface area contributed by atoms with Crippen LogP contribution >= 0.6 is 0 Å². The molecule has 0 spiro atoms. The molecule has 0 aliphatic rings. The normalized spacial score (nSPS) is 11.2. The summed E-state index contributed by atoms with van der Waals surface area (Å²) in [5.74, 6) is 1.40. The molecule has 0 saturated carbocycles. The van der Waals surface area contributed by atoms with Crippen LogP contribution in [0.25, 0.3) is 22.3 Å². The molecular weight excluding hydrogens is 326 g/mol. The van der Waals surface area contributed by atoms with E-state index in [0.717, 1.165) is 37.4 Å². The molecule has 0 bridgehead atoms. The Kier molecular flexibility index (Phi) is 6.08. The summed E-state index contributed by atoms with van der Waals surface area (Å²) < 4.78 is 11.7. The van der Waals surface area contributed by atoms with Crippen molar-refractivity contribution in [3.05, 3.63) is 64.8 Å². The summed E-state index contributed by atoms with van der Waals surface area (Å²) in [7, 11) is 0. The molecule has 4 heteroatoms. The van der Waals surface area contributed by atoms with Gasteiger partial charge in [-0.05, 0) is 55.9 Å². The number of para-hydroxylation sites is 1. The van der Waals surface area contributed by atoms with Crippen LogP contribution in [0.3, 0.4) is 0 Å². The number of benzene rings is 2. The molecule has 1 heterocycles. The fourth-order valence-electron chi connectivity index (χ4n) is 2.98. The van der Waals surface area contributed by atoms with E-state index in [1.807, 2.05) is 42.5 Å². The number of fused-ring (bicyclic) bond motifs is 1. The molecule has 0 aliphatic heterocycles. The van der Waals surface area contributed by atoms with Gasteiger partial charge in [0.05, 0.1) is 12.0 Å². The second-order valence-electron chi connectivity index (χ2n) is 6.22. The predicted octanol–water partition coefficient (Wildman–Crippen LogP) is 4.57. The van der Waals surface area contributed by atoms with Gasteiger partial charge in [0.1, 0.15) is 17.1 Å². The SMILES string of the molecule is CCN(CC)CCCOc1ccc(-c2cc(=O)c3ccccc3o2)cc1. The van der Waals surface area contributed by atoms with Crippen molar-refractivity contribution in [2.45, 2.75) is 20.3 Å². The molecule has 0 aliphatic carbocycles. The molecular formula is C22H25NO3. The molecule has 0 fully saturated rings. The Bertz CT molecular complexity index is 895. The molecule has 2 aromatic carbocycles. The van der Waals surface area contributed by atoms with Crippen LogP contribution in [0.2, 0.25) is 0 Å². The van der Waals surface area contributed by atoms with Gasteiger partial charge in [0.2, 0.25) is 0 Å². The third-order valence-corrected chi connectivity index (χ3v) is 4.56. The first-order valence-corrected chi connectivity index (χ1v) is 9.19. The van der Waals surface area contributed by atoms with Gasteiger partial charge < -0.3 is 14.1 Å². The van der Waals surface area contributed by atoms with Gasteiger partial charge in [0.25, 0.3) is 0 Å². The van der Waals surface area contributed by atoms with Gasteiger partial charge in [0.15, 0.2) is 5.43 Å². The highest BCUT2D eigenvalue weighted by atomic mass is 16.5. The predicted molar refractivity (Wildman–Crippen MR) is 106 cm³/mol. The van der Waals surface area contributed by atoms with Gasteiger partial charge in [-0.3, -0.25) is 4.79 Å². The molecule has 3 rings (SSSR count). The summed E-state index contributed by atoms with van der Waals surface area (Å²) in [6.45, 7) is 8.24. The van der Waals surface area contributed by atoms with Crippen LogP contribution in [0.5, 0.6) is 5.75 Å². The molecule has 0 atom stereocenters. The van der Waals surface area contributed by atoms with Crippen molar-refractivity contribution >= 4 is 11.0 Å². The fourth-order valence-corrected chi connectivity index (χ4v) is 2.98. The molecule has 0 unspecified atom stereocenters. The molecule has 4 nitrogen and oxygen atoms in total. The first-order valence-electron chi connectivity index (χ1n) is 9.19. The highest BCUT2D eigenvalue weighted by Gasteiger charge is 2.07. The van der Waals surface area contributed by atoms with E-state index in [0.29, 0.717) is 23.3 Å². The van der Waals surface area contributed by atoms with Crippen LogP contribution in [0.4, 0.5) is 0 Å². The van der Waals surface area contributed by atoms with E-state index in [1.54, 1.807) is 12.1 Å². The van der Waals surface area contributed by atoms with Crippen molar-refractivity contribution in [1.82, 2.24) is 4.90 Å². The Morgan fingerprint density at radius 3 is 2.46 bits per heavy atom. The van der Waals surface area contributed by atoms with E-state index < -0.39 is 0 Å². The first kappa shape index (κ1) is 18.2. The van der Waals surface area contributed by atoms with Gasteiger partial charge in [-0.25, -0.2) is 0 Å². The Labute approximate surface area is 154 Å². The molecule has 136 valence electrons. The van der Waals surface area contributed by atoms with Crippen molar-refractivity contribution < 1.29 is 9.15 Å². The number of rotatable bonds is 8. The van der Waals surface area contributed by atoms with E-state index in [-0.39, 0.29) is 5.43 Å². The fraction of sp³-hybridized carbons (Fsp3) is 0.318. The maximum atomic E-state index is 12.2. The summed E-state index contributed by atoms with van der Waals surface area (Å²) >= 11 is 0. The van der Waals surface area contributed by atoms with Crippen molar-refractivity contribution in [1.29, 1.82) is 0 Å².